The molecule has 4 rings (SSSR count). The van der Waals surface area contributed by atoms with Crippen LogP contribution in [0.15, 0.2) is 30.3 Å². The maximum absolute atomic E-state index is 13.8. The van der Waals surface area contributed by atoms with Crippen LogP contribution < -0.4 is 10.6 Å². The molecule has 186 valence electrons. The molecule has 0 aliphatic carbocycles. The third-order valence-corrected chi connectivity index (χ3v) is 10.6. The molecular formula is C25H34BrN3O4S. The number of benzene rings is 1. The van der Waals surface area contributed by atoms with E-state index in [1.54, 1.807) is 23.6 Å². The summed E-state index contributed by atoms with van der Waals surface area (Å²) in [6.07, 6.45) is 3.61. The lowest BCUT2D eigenvalue weighted by atomic mass is 9.70. The normalized spacial score (nSPS) is 32.5. The number of carbonyl (C=O) groups excluding carboxylic acids is 3. The van der Waals surface area contributed by atoms with E-state index in [9.17, 15) is 19.5 Å². The third-order valence-electron chi connectivity index (χ3n) is 7.41. The Labute approximate surface area is 213 Å². The number of halogens is 1. The minimum atomic E-state index is -0.698. The number of fused-ring (bicyclic) bond motifs is 1. The molecule has 9 heteroatoms. The molecule has 3 saturated heterocycles. The molecule has 7 nitrogen and oxygen atoms in total. The fourth-order valence-corrected chi connectivity index (χ4v) is 9.41. The first kappa shape index (κ1) is 25.5. The number of alkyl halides is 1. The van der Waals surface area contributed by atoms with Gasteiger partial charge in [-0.15, -0.1) is 11.8 Å². The maximum atomic E-state index is 13.8. The largest absolute Gasteiger partial charge is 0.394 e. The van der Waals surface area contributed by atoms with E-state index in [2.05, 4.69) is 33.5 Å². The number of nitrogens with zero attached hydrogens (tertiary/aromatic N) is 1. The Morgan fingerprint density at radius 1 is 1.24 bits per heavy atom. The van der Waals surface area contributed by atoms with Crippen LogP contribution in [0.1, 0.15) is 45.1 Å². The van der Waals surface area contributed by atoms with Gasteiger partial charge in [-0.1, -0.05) is 66.0 Å². The van der Waals surface area contributed by atoms with Gasteiger partial charge < -0.3 is 20.6 Å². The van der Waals surface area contributed by atoms with Crippen LogP contribution in [0.2, 0.25) is 0 Å². The van der Waals surface area contributed by atoms with Crippen LogP contribution in [0.5, 0.6) is 0 Å². The van der Waals surface area contributed by atoms with Gasteiger partial charge in [-0.05, 0) is 25.3 Å². The highest BCUT2D eigenvalue weighted by molar-refractivity contribution is 9.09. The number of hydrogen-bond acceptors (Lipinski definition) is 5. The number of carbonyl (C=O) groups is 3. The first-order chi connectivity index (χ1) is 16.4. The van der Waals surface area contributed by atoms with Crippen LogP contribution in [-0.4, -0.2) is 67.8 Å². The number of likely N-dealkylation sites (tertiary alicyclic amines) is 1. The van der Waals surface area contributed by atoms with Crippen molar-refractivity contribution in [1.82, 2.24) is 15.5 Å². The van der Waals surface area contributed by atoms with Gasteiger partial charge in [-0.2, -0.15) is 0 Å². The highest BCUT2D eigenvalue weighted by Crippen LogP contribution is 2.67. The Hall–Kier alpha value is -1.58. The molecule has 3 heterocycles. The van der Waals surface area contributed by atoms with Gasteiger partial charge in [0.25, 0.3) is 0 Å². The van der Waals surface area contributed by atoms with Crippen molar-refractivity contribution in [1.29, 1.82) is 0 Å². The Kier molecular flexibility index (Phi) is 7.94. The summed E-state index contributed by atoms with van der Waals surface area (Å²) in [5, 5.41) is 15.9. The lowest BCUT2D eigenvalue weighted by molar-refractivity contribution is -0.142. The number of thioether (sulfide) groups is 1. The predicted molar refractivity (Wildman–Crippen MR) is 136 cm³/mol. The zero-order chi connectivity index (χ0) is 24.5. The molecule has 3 aliphatic heterocycles. The van der Waals surface area contributed by atoms with Crippen molar-refractivity contribution in [2.75, 3.05) is 13.2 Å². The summed E-state index contributed by atoms with van der Waals surface area (Å²) in [6, 6.07) is 8.49. The fraction of sp³-hybridized carbons (Fsp3) is 0.640. The average Bonchev–Trinajstić information content (AvgIpc) is 3.43. The molecule has 0 saturated carbocycles. The number of hydrogen-bond donors (Lipinski definition) is 3. The van der Waals surface area contributed by atoms with Gasteiger partial charge >= 0.3 is 0 Å². The SMILES string of the molecule is CCCCCNC(=O)C1N([C@H](C)CO)C(=O)[C@@H]2[C@H](C(=O)NCc3ccccc3)[C@H]3SC12CC3Br. The van der Waals surface area contributed by atoms with E-state index in [4.69, 9.17) is 0 Å². The topological polar surface area (TPSA) is 98.7 Å². The van der Waals surface area contributed by atoms with Crippen LogP contribution in [0.3, 0.4) is 0 Å². The Bertz CT molecular complexity index is 919. The molecule has 3 N–H and O–H groups in total. The van der Waals surface area contributed by atoms with Crippen LogP contribution in [0, 0.1) is 11.8 Å². The molecule has 3 fully saturated rings. The van der Waals surface area contributed by atoms with Crippen LogP contribution in [0.25, 0.3) is 0 Å². The minimum absolute atomic E-state index is 0.0359. The second kappa shape index (κ2) is 10.6. The second-order valence-electron chi connectivity index (χ2n) is 9.64. The summed E-state index contributed by atoms with van der Waals surface area (Å²) in [5.74, 6) is -1.61. The summed E-state index contributed by atoms with van der Waals surface area (Å²) in [5.41, 5.74) is 0.995. The highest BCUT2D eigenvalue weighted by Gasteiger charge is 2.75. The molecule has 1 aromatic rings. The number of nitrogens with one attached hydrogen (secondary N) is 2. The minimum Gasteiger partial charge on any atom is -0.394 e. The van der Waals surface area contributed by atoms with E-state index < -0.39 is 28.7 Å². The molecule has 2 bridgehead atoms. The molecule has 3 aliphatic rings. The summed E-state index contributed by atoms with van der Waals surface area (Å²) in [4.78, 5) is 42.3. The maximum Gasteiger partial charge on any atom is 0.244 e. The number of unbranched alkanes of at least 4 members (excludes halogenated alkanes) is 2. The van der Waals surface area contributed by atoms with Gasteiger partial charge in [0.05, 0.1) is 29.2 Å². The van der Waals surface area contributed by atoms with Crippen molar-refractivity contribution in [3.63, 3.8) is 0 Å². The van der Waals surface area contributed by atoms with Gasteiger partial charge in [-0.25, -0.2) is 0 Å². The number of aliphatic hydroxyl groups excluding tert-OH is 1. The lowest BCUT2D eigenvalue weighted by Gasteiger charge is -2.36. The Morgan fingerprint density at radius 2 is 1.97 bits per heavy atom. The fourth-order valence-electron chi connectivity index (χ4n) is 5.82. The van der Waals surface area contributed by atoms with Crippen molar-refractivity contribution in [3.8, 4) is 0 Å². The standard InChI is InChI=1S/C25H34BrN3O4S/c1-3-4-8-11-27-23(32)21-25-12-17(26)20(34-25)18(19(25)24(33)29(21)15(2)14-30)22(31)28-13-16-9-6-5-7-10-16/h5-7,9-10,15,17-21,30H,3-4,8,11-14H2,1-2H3,(H,27,32)(H,28,31)/t15-,17?,18+,19+,20+,21?,25?/m1/s1. The van der Waals surface area contributed by atoms with Crippen molar-refractivity contribution < 1.29 is 19.5 Å². The van der Waals surface area contributed by atoms with Crippen molar-refractivity contribution in [2.24, 2.45) is 11.8 Å². The van der Waals surface area contributed by atoms with E-state index in [0.717, 1.165) is 24.8 Å². The second-order valence-corrected chi connectivity index (χ2v) is 12.4. The molecule has 0 radical (unpaired) electrons. The van der Waals surface area contributed by atoms with E-state index in [1.165, 1.54) is 0 Å². The zero-order valence-corrected chi connectivity index (χ0v) is 22.1. The number of amides is 3. The molecule has 1 aromatic carbocycles. The molecule has 1 spiro atoms. The van der Waals surface area contributed by atoms with E-state index in [0.29, 0.717) is 19.5 Å². The van der Waals surface area contributed by atoms with Gasteiger partial charge in [0.15, 0.2) is 0 Å². The lowest BCUT2D eigenvalue weighted by Crippen LogP contribution is -2.56. The molecule has 34 heavy (non-hydrogen) atoms. The average molecular weight is 553 g/mol. The van der Waals surface area contributed by atoms with Gasteiger partial charge in [0, 0.05) is 23.2 Å². The van der Waals surface area contributed by atoms with Crippen molar-refractivity contribution in [2.45, 2.75) is 73.0 Å². The monoisotopic (exact) mass is 551 g/mol. The summed E-state index contributed by atoms with van der Waals surface area (Å²) >= 11 is 5.38. The van der Waals surface area contributed by atoms with Crippen LogP contribution in [-0.2, 0) is 20.9 Å². The van der Waals surface area contributed by atoms with Crippen LogP contribution in [0.4, 0.5) is 0 Å². The van der Waals surface area contributed by atoms with Gasteiger partial charge in [0.1, 0.15) is 6.04 Å². The molecular weight excluding hydrogens is 518 g/mol. The first-order valence-electron chi connectivity index (χ1n) is 12.2. The zero-order valence-electron chi connectivity index (χ0n) is 19.7. The third kappa shape index (κ3) is 4.39. The molecule has 0 aromatic heterocycles. The van der Waals surface area contributed by atoms with E-state index in [1.807, 2.05) is 30.3 Å². The smallest absolute Gasteiger partial charge is 0.244 e. The number of aliphatic hydroxyl groups is 1. The quantitative estimate of drug-likeness (QED) is 0.306. The summed E-state index contributed by atoms with van der Waals surface area (Å²) < 4.78 is -0.678. The van der Waals surface area contributed by atoms with Crippen LogP contribution >= 0.6 is 27.7 Å². The summed E-state index contributed by atoms with van der Waals surface area (Å²) in [6.45, 7) is 4.60. The summed E-state index contributed by atoms with van der Waals surface area (Å²) in [7, 11) is 0. The van der Waals surface area contributed by atoms with Crippen molar-refractivity contribution in [3.05, 3.63) is 35.9 Å². The Morgan fingerprint density at radius 3 is 2.65 bits per heavy atom. The highest BCUT2D eigenvalue weighted by atomic mass is 79.9. The first-order valence-corrected chi connectivity index (χ1v) is 14.0. The van der Waals surface area contributed by atoms with Crippen molar-refractivity contribution >= 4 is 45.4 Å². The van der Waals surface area contributed by atoms with E-state index >= 15 is 0 Å². The molecule has 3 amide bonds. The number of rotatable bonds is 10. The van der Waals surface area contributed by atoms with Gasteiger partial charge in [0.2, 0.25) is 17.7 Å². The molecule has 3 unspecified atom stereocenters. The predicted octanol–water partition coefficient (Wildman–Crippen LogP) is 2.45. The van der Waals surface area contributed by atoms with Gasteiger partial charge in [-0.3, -0.25) is 14.4 Å². The Balaban J connectivity index is 1.60. The molecule has 7 atom stereocenters. The van der Waals surface area contributed by atoms with E-state index in [-0.39, 0.29) is 34.4 Å².